The molecule has 2 aromatic carbocycles. The van der Waals surface area contributed by atoms with Gasteiger partial charge in [0.2, 0.25) is 0 Å². The molecule has 1 saturated carbocycles. The second-order valence-electron chi connectivity index (χ2n) is 9.36. The van der Waals surface area contributed by atoms with Gasteiger partial charge < -0.3 is 8.98 Å². The number of rotatable bonds is 8. The monoisotopic (exact) mass is 497 g/mol. The van der Waals surface area contributed by atoms with Crippen molar-refractivity contribution in [2.45, 2.75) is 49.8 Å². The van der Waals surface area contributed by atoms with Gasteiger partial charge in [0.25, 0.3) is 5.91 Å². The van der Waals surface area contributed by atoms with Gasteiger partial charge in [0.15, 0.2) is 5.16 Å². The van der Waals surface area contributed by atoms with Crippen molar-refractivity contribution < 1.29 is 9.21 Å². The molecule has 2 aromatic heterocycles. The van der Waals surface area contributed by atoms with Gasteiger partial charge in [-0.05, 0) is 43.0 Å². The van der Waals surface area contributed by atoms with E-state index in [1.165, 1.54) is 22.9 Å². The average Bonchev–Trinajstić information content (AvgIpc) is 3.27. The maximum absolute atomic E-state index is 13.5. The molecule has 1 atom stereocenters. The Kier molecular flexibility index (Phi) is 6.19. The van der Waals surface area contributed by atoms with Crippen molar-refractivity contribution in [1.82, 2.24) is 19.8 Å². The molecule has 0 bridgehead atoms. The summed E-state index contributed by atoms with van der Waals surface area (Å²) >= 11 is 1.42. The van der Waals surface area contributed by atoms with Crippen molar-refractivity contribution in [3.8, 4) is 0 Å². The topological polar surface area (TPSA) is 76.5 Å². The van der Waals surface area contributed by atoms with Crippen molar-refractivity contribution in [3.63, 3.8) is 0 Å². The Morgan fingerprint density at radius 3 is 2.56 bits per heavy atom. The van der Waals surface area contributed by atoms with Crippen LogP contribution in [-0.2, 0) is 11.3 Å². The van der Waals surface area contributed by atoms with Gasteiger partial charge in [0.1, 0.15) is 17.6 Å². The first-order valence-electron chi connectivity index (χ1n) is 12.3. The molecule has 0 saturated heterocycles. The van der Waals surface area contributed by atoms with E-state index in [-0.39, 0.29) is 17.7 Å². The number of aryl methyl sites for hydroxylation is 1. The van der Waals surface area contributed by atoms with Gasteiger partial charge in [-0.3, -0.25) is 4.79 Å². The van der Waals surface area contributed by atoms with E-state index < -0.39 is 0 Å². The first-order chi connectivity index (χ1) is 17.7. The fraction of sp³-hybridized carbons (Fsp3) is 0.286. The number of carbonyl (C=O) groups is 1. The SMILES string of the molecule is Cc1ccc(C2=NN(C(=O)CSc3nnc(C4CC4)n3Cc3ccccc3)[C@H](c3ccco3)C2)cc1. The van der Waals surface area contributed by atoms with Crippen molar-refractivity contribution in [2.24, 2.45) is 5.10 Å². The van der Waals surface area contributed by atoms with E-state index in [4.69, 9.17) is 9.52 Å². The highest BCUT2D eigenvalue weighted by Crippen LogP contribution is 2.40. The molecule has 7 nitrogen and oxygen atoms in total. The van der Waals surface area contributed by atoms with Crippen molar-refractivity contribution in [3.05, 3.63) is 101 Å². The Bertz CT molecular complexity index is 1380. The van der Waals surface area contributed by atoms with E-state index in [0.717, 1.165) is 40.9 Å². The van der Waals surface area contributed by atoms with Gasteiger partial charge in [0.05, 0.1) is 24.3 Å². The predicted molar refractivity (Wildman–Crippen MR) is 139 cm³/mol. The van der Waals surface area contributed by atoms with Gasteiger partial charge in [-0.25, -0.2) is 5.01 Å². The fourth-order valence-electron chi connectivity index (χ4n) is 4.52. The molecule has 0 N–H and O–H groups in total. The highest BCUT2D eigenvalue weighted by Gasteiger charge is 2.35. The molecule has 182 valence electrons. The Hall–Kier alpha value is -3.65. The number of amides is 1. The van der Waals surface area contributed by atoms with E-state index in [0.29, 0.717) is 18.9 Å². The molecule has 36 heavy (non-hydrogen) atoms. The summed E-state index contributed by atoms with van der Waals surface area (Å²) in [7, 11) is 0. The number of hydrazone groups is 1. The Balaban J connectivity index is 1.22. The maximum Gasteiger partial charge on any atom is 0.253 e. The van der Waals surface area contributed by atoms with Crippen LogP contribution < -0.4 is 0 Å². The van der Waals surface area contributed by atoms with Crippen LogP contribution >= 0.6 is 11.8 Å². The Morgan fingerprint density at radius 1 is 1.03 bits per heavy atom. The molecule has 3 heterocycles. The number of carbonyl (C=O) groups excluding carboxylic acids is 1. The molecular formula is C28H27N5O2S. The number of hydrogen-bond donors (Lipinski definition) is 0. The van der Waals surface area contributed by atoms with E-state index in [1.54, 1.807) is 11.3 Å². The van der Waals surface area contributed by atoms with Crippen LogP contribution in [-0.4, -0.2) is 37.1 Å². The molecular weight excluding hydrogens is 470 g/mol. The number of benzene rings is 2. The molecule has 1 amide bonds. The van der Waals surface area contributed by atoms with Crippen LogP contribution in [0.4, 0.5) is 0 Å². The summed E-state index contributed by atoms with van der Waals surface area (Å²) in [4.78, 5) is 13.5. The fourth-order valence-corrected chi connectivity index (χ4v) is 5.32. The molecule has 0 unspecified atom stereocenters. The molecule has 6 rings (SSSR count). The van der Waals surface area contributed by atoms with Crippen molar-refractivity contribution in [1.29, 1.82) is 0 Å². The van der Waals surface area contributed by atoms with Crippen LogP contribution in [0.5, 0.6) is 0 Å². The highest BCUT2D eigenvalue weighted by molar-refractivity contribution is 7.99. The third-order valence-electron chi connectivity index (χ3n) is 6.62. The second-order valence-corrected chi connectivity index (χ2v) is 10.3. The Morgan fingerprint density at radius 2 is 1.83 bits per heavy atom. The molecule has 1 aliphatic carbocycles. The van der Waals surface area contributed by atoms with Crippen molar-refractivity contribution in [2.75, 3.05) is 5.75 Å². The van der Waals surface area contributed by atoms with Gasteiger partial charge in [-0.2, -0.15) is 5.10 Å². The largest absolute Gasteiger partial charge is 0.467 e. The highest BCUT2D eigenvalue weighted by atomic mass is 32.2. The third-order valence-corrected chi connectivity index (χ3v) is 7.57. The minimum absolute atomic E-state index is 0.0780. The lowest BCUT2D eigenvalue weighted by atomic mass is 10.0. The minimum atomic E-state index is -0.256. The lowest BCUT2D eigenvalue weighted by Gasteiger charge is -2.19. The van der Waals surface area contributed by atoms with Gasteiger partial charge >= 0.3 is 0 Å². The lowest BCUT2D eigenvalue weighted by Crippen LogP contribution is -2.28. The molecule has 0 radical (unpaired) electrons. The normalized spacial score (nSPS) is 17.4. The minimum Gasteiger partial charge on any atom is -0.467 e. The molecule has 4 aromatic rings. The maximum atomic E-state index is 13.5. The van der Waals surface area contributed by atoms with Crippen LogP contribution in [0.25, 0.3) is 0 Å². The molecule has 1 fully saturated rings. The second kappa shape index (κ2) is 9.78. The molecule has 0 spiro atoms. The van der Waals surface area contributed by atoms with Gasteiger partial charge in [-0.1, -0.05) is 71.9 Å². The molecule has 2 aliphatic rings. The zero-order chi connectivity index (χ0) is 24.5. The zero-order valence-electron chi connectivity index (χ0n) is 20.1. The quantitative estimate of drug-likeness (QED) is 0.297. The predicted octanol–water partition coefficient (Wildman–Crippen LogP) is 5.58. The van der Waals surface area contributed by atoms with Gasteiger partial charge in [0, 0.05) is 12.3 Å². The summed E-state index contributed by atoms with van der Waals surface area (Å²) in [5.74, 6) is 2.37. The number of thioether (sulfide) groups is 1. The summed E-state index contributed by atoms with van der Waals surface area (Å²) in [5, 5.41) is 16.1. The smallest absolute Gasteiger partial charge is 0.253 e. The number of aromatic nitrogens is 3. The lowest BCUT2D eigenvalue weighted by molar-refractivity contribution is -0.130. The molecule has 1 aliphatic heterocycles. The first kappa shape index (κ1) is 22.8. The Labute approximate surface area is 214 Å². The van der Waals surface area contributed by atoms with Crippen LogP contribution in [0.15, 0.2) is 87.7 Å². The van der Waals surface area contributed by atoms with Gasteiger partial charge in [-0.15, -0.1) is 10.2 Å². The van der Waals surface area contributed by atoms with E-state index in [9.17, 15) is 4.79 Å². The van der Waals surface area contributed by atoms with E-state index in [1.807, 2.05) is 30.3 Å². The van der Waals surface area contributed by atoms with Crippen LogP contribution in [0.2, 0.25) is 0 Å². The summed E-state index contributed by atoms with van der Waals surface area (Å²) < 4.78 is 7.85. The number of nitrogens with zero attached hydrogens (tertiary/aromatic N) is 5. The average molecular weight is 498 g/mol. The van der Waals surface area contributed by atoms with Crippen LogP contribution in [0, 0.1) is 6.92 Å². The van der Waals surface area contributed by atoms with Crippen LogP contribution in [0.3, 0.4) is 0 Å². The number of furan rings is 1. The molecule has 8 heteroatoms. The number of hydrogen-bond acceptors (Lipinski definition) is 6. The van der Waals surface area contributed by atoms with E-state index in [2.05, 4.69) is 58.1 Å². The summed E-state index contributed by atoms with van der Waals surface area (Å²) in [6, 6.07) is 22.1. The van der Waals surface area contributed by atoms with Crippen LogP contribution in [0.1, 0.15) is 59.5 Å². The van der Waals surface area contributed by atoms with Crippen molar-refractivity contribution >= 4 is 23.4 Å². The standard InChI is InChI=1S/C28H27N5O2S/c1-19-9-11-21(12-10-19)23-16-24(25-8-5-15-35-25)33(31-23)26(34)18-36-28-30-29-27(22-13-14-22)32(28)17-20-6-3-2-4-7-20/h2-12,15,22,24H,13-14,16-18H2,1H3/t24-/m0/s1. The van der Waals surface area contributed by atoms with E-state index >= 15 is 0 Å². The summed E-state index contributed by atoms with van der Waals surface area (Å²) in [5.41, 5.74) is 4.29. The zero-order valence-corrected chi connectivity index (χ0v) is 20.9. The first-order valence-corrected chi connectivity index (χ1v) is 13.2. The summed E-state index contributed by atoms with van der Waals surface area (Å²) in [6.07, 6.45) is 4.54. The third kappa shape index (κ3) is 4.73. The summed E-state index contributed by atoms with van der Waals surface area (Å²) in [6.45, 7) is 2.76.